The van der Waals surface area contributed by atoms with E-state index in [1.54, 1.807) is 34.6 Å². The maximum Gasteiger partial charge on any atom is 0.283 e. The summed E-state index contributed by atoms with van der Waals surface area (Å²) in [6.45, 7) is 6.85. The number of benzene rings is 1. The van der Waals surface area contributed by atoms with Crippen LogP contribution in [0.1, 0.15) is 30.6 Å². The topological polar surface area (TPSA) is 79.6 Å². The van der Waals surface area contributed by atoms with Crippen LogP contribution in [0.2, 0.25) is 0 Å². The van der Waals surface area contributed by atoms with Gasteiger partial charge in [0, 0.05) is 49.4 Å². The van der Waals surface area contributed by atoms with Crippen molar-refractivity contribution in [3.63, 3.8) is 0 Å². The molecule has 0 aliphatic carbocycles. The first-order valence-corrected chi connectivity index (χ1v) is 11.2. The highest BCUT2D eigenvalue weighted by atomic mass is 32.2. The normalized spacial score (nSPS) is 14.5. The first-order valence-electron chi connectivity index (χ1n) is 9.30. The molecule has 2 aromatic rings. The van der Waals surface area contributed by atoms with Gasteiger partial charge in [0.15, 0.2) is 5.13 Å². The molecular weight excluding hydrogens is 396 g/mol. The molecule has 0 spiro atoms. The Labute approximate surface area is 172 Å². The minimum Gasteiger partial charge on any atom is -0.345 e. The van der Waals surface area contributed by atoms with Crippen molar-refractivity contribution in [1.29, 1.82) is 0 Å². The quantitative estimate of drug-likeness (QED) is 0.380. The summed E-state index contributed by atoms with van der Waals surface area (Å²) in [7, 11) is 0. The first kappa shape index (κ1) is 20.6. The van der Waals surface area contributed by atoms with E-state index in [2.05, 4.69) is 23.7 Å². The molecule has 0 atom stereocenters. The lowest BCUT2D eigenvalue weighted by atomic mass is 10.1. The van der Waals surface area contributed by atoms with E-state index in [0.717, 1.165) is 17.3 Å². The lowest BCUT2D eigenvalue weighted by Gasteiger charge is -2.34. The van der Waals surface area contributed by atoms with Crippen LogP contribution in [-0.2, 0) is 0 Å². The van der Waals surface area contributed by atoms with Crippen LogP contribution >= 0.6 is 23.1 Å². The number of piperazine rings is 1. The molecule has 1 aromatic heterocycles. The average Bonchev–Trinajstić information content (AvgIpc) is 3.22. The maximum absolute atomic E-state index is 12.8. The van der Waals surface area contributed by atoms with Gasteiger partial charge in [-0.25, -0.2) is 4.98 Å². The Hall–Kier alpha value is -2.13. The Kier molecular flexibility index (Phi) is 6.90. The van der Waals surface area contributed by atoms with Crippen LogP contribution in [-0.4, -0.2) is 52.6 Å². The van der Waals surface area contributed by atoms with Gasteiger partial charge in [-0.05, 0) is 30.2 Å². The van der Waals surface area contributed by atoms with Crippen LogP contribution in [0.5, 0.6) is 0 Å². The number of nitro benzene ring substituents is 1. The molecule has 28 heavy (non-hydrogen) atoms. The van der Waals surface area contributed by atoms with Gasteiger partial charge < -0.3 is 9.80 Å². The zero-order valence-corrected chi connectivity index (χ0v) is 17.7. The Morgan fingerprint density at radius 1 is 1.32 bits per heavy atom. The number of amides is 1. The number of carbonyl (C=O) groups is 1. The summed E-state index contributed by atoms with van der Waals surface area (Å²) in [5.41, 5.74) is 0.392. The molecule has 9 heteroatoms. The number of anilines is 1. The van der Waals surface area contributed by atoms with Crippen molar-refractivity contribution in [3.05, 3.63) is 45.5 Å². The van der Waals surface area contributed by atoms with E-state index in [9.17, 15) is 14.9 Å². The Bertz CT molecular complexity index is 819. The molecule has 1 aromatic carbocycles. The minimum absolute atomic E-state index is 0.0148. The number of thioether (sulfide) groups is 1. The lowest BCUT2D eigenvalue weighted by Crippen LogP contribution is -2.48. The fourth-order valence-corrected chi connectivity index (χ4v) is 4.93. The molecule has 0 radical (unpaired) electrons. The molecular formula is C19H24N4O3S2. The fourth-order valence-electron chi connectivity index (χ4n) is 2.98. The van der Waals surface area contributed by atoms with Gasteiger partial charge in [-0.1, -0.05) is 13.8 Å². The van der Waals surface area contributed by atoms with Crippen molar-refractivity contribution in [3.8, 4) is 0 Å². The average molecular weight is 421 g/mol. The largest absolute Gasteiger partial charge is 0.345 e. The Morgan fingerprint density at radius 3 is 2.68 bits per heavy atom. The third-order valence-electron chi connectivity index (χ3n) is 4.61. The minimum atomic E-state index is -0.394. The number of hydrogen-bond donors (Lipinski definition) is 0. The van der Waals surface area contributed by atoms with E-state index < -0.39 is 4.92 Å². The molecule has 3 rings (SSSR count). The van der Waals surface area contributed by atoms with E-state index in [1.165, 1.54) is 17.8 Å². The predicted octanol–water partition coefficient (Wildman–Crippen LogP) is 4.15. The summed E-state index contributed by atoms with van der Waals surface area (Å²) in [5, 5.41) is 14.4. The first-order chi connectivity index (χ1) is 13.5. The van der Waals surface area contributed by atoms with E-state index in [4.69, 9.17) is 0 Å². The summed E-state index contributed by atoms with van der Waals surface area (Å²) >= 11 is 3.06. The number of nitro groups is 1. The highest BCUT2D eigenvalue weighted by molar-refractivity contribution is 7.99. The van der Waals surface area contributed by atoms with Crippen molar-refractivity contribution in [2.24, 2.45) is 5.92 Å². The van der Waals surface area contributed by atoms with Gasteiger partial charge in [0.1, 0.15) is 0 Å². The van der Waals surface area contributed by atoms with Crippen molar-refractivity contribution in [2.45, 2.75) is 25.2 Å². The molecule has 0 bridgehead atoms. The Balaban J connectivity index is 1.66. The Morgan fingerprint density at radius 2 is 2.07 bits per heavy atom. The number of nitrogens with zero attached hydrogens (tertiary/aromatic N) is 4. The van der Waals surface area contributed by atoms with Crippen LogP contribution in [0.25, 0.3) is 0 Å². The van der Waals surface area contributed by atoms with E-state index >= 15 is 0 Å². The molecule has 150 valence electrons. The van der Waals surface area contributed by atoms with Gasteiger partial charge in [0.05, 0.1) is 9.82 Å². The summed E-state index contributed by atoms with van der Waals surface area (Å²) in [4.78, 5) is 32.8. The highest BCUT2D eigenvalue weighted by Gasteiger charge is 2.25. The zero-order chi connectivity index (χ0) is 20.1. The van der Waals surface area contributed by atoms with Gasteiger partial charge >= 0.3 is 0 Å². The van der Waals surface area contributed by atoms with E-state index in [-0.39, 0.29) is 11.6 Å². The summed E-state index contributed by atoms with van der Waals surface area (Å²) < 4.78 is 0. The number of carbonyl (C=O) groups excluding carboxylic acids is 1. The molecule has 7 nitrogen and oxygen atoms in total. The maximum atomic E-state index is 12.8. The number of rotatable bonds is 7. The van der Waals surface area contributed by atoms with E-state index in [0.29, 0.717) is 42.6 Å². The van der Waals surface area contributed by atoms with Gasteiger partial charge in [-0.3, -0.25) is 14.9 Å². The zero-order valence-electron chi connectivity index (χ0n) is 16.0. The van der Waals surface area contributed by atoms with Crippen molar-refractivity contribution >= 4 is 39.8 Å². The number of aromatic nitrogens is 1. The third kappa shape index (κ3) is 5.02. The third-order valence-corrected chi connectivity index (χ3v) is 6.54. The molecule has 1 saturated heterocycles. The smallest absolute Gasteiger partial charge is 0.283 e. The highest BCUT2D eigenvalue weighted by Crippen LogP contribution is 2.31. The van der Waals surface area contributed by atoms with Crippen LogP contribution < -0.4 is 4.90 Å². The van der Waals surface area contributed by atoms with Crippen LogP contribution in [0.3, 0.4) is 0 Å². The summed E-state index contributed by atoms with van der Waals surface area (Å²) in [5.74, 6) is 1.22. The molecule has 0 N–H and O–H groups in total. The van der Waals surface area contributed by atoms with Gasteiger partial charge in [0.2, 0.25) is 0 Å². The molecule has 1 fully saturated rings. The second kappa shape index (κ2) is 9.38. The standard InChI is InChI=1S/C19H24N4O3S2/c1-14(2)5-11-27-17-4-3-15(13-16(17)23(25)26)18(24)21-7-9-22(10-8-21)19-20-6-12-28-19/h3-4,6,12-14H,5,7-11H2,1-2H3. The van der Waals surface area contributed by atoms with Crippen molar-refractivity contribution < 1.29 is 9.72 Å². The molecule has 0 unspecified atom stereocenters. The van der Waals surface area contributed by atoms with E-state index in [1.807, 2.05) is 5.38 Å². The molecule has 1 amide bonds. The van der Waals surface area contributed by atoms with Gasteiger partial charge in [0.25, 0.3) is 11.6 Å². The molecule has 2 heterocycles. The molecule has 0 saturated carbocycles. The second-order valence-electron chi connectivity index (χ2n) is 7.06. The van der Waals surface area contributed by atoms with Gasteiger partial charge in [-0.15, -0.1) is 23.1 Å². The van der Waals surface area contributed by atoms with Gasteiger partial charge in [-0.2, -0.15) is 0 Å². The lowest BCUT2D eigenvalue weighted by molar-refractivity contribution is -0.387. The predicted molar refractivity (Wildman–Crippen MR) is 114 cm³/mol. The summed E-state index contributed by atoms with van der Waals surface area (Å²) in [6, 6.07) is 4.84. The fraction of sp³-hybridized carbons (Fsp3) is 0.474. The number of thiazole rings is 1. The van der Waals surface area contributed by atoms with Crippen LogP contribution in [0.4, 0.5) is 10.8 Å². The monoisotopic (exact) mass is 420 g/mol. The van der Waals surface area contributed by atoms with Crippen molar-refractivity contribution in [2.75, 3.05) is 36.8 Å². The second-order valence-corrected chi connectivity index (χ2v) is 9.07. The molecule has 1 aliphatic heterocycles. The van der Waals surface area contributed by atoms with Crippen molar-refractivity contribution in [1.82, 2.24) is 9.88 Å². The molecule has 1 aliphatic rings. The SMILES string of the molecule is CC(C)CCSc1ccc(C(=O)N2CCN(c3nccs3)CC2)cc1[N+](=O)[O-]. The number of hydrogen-bond acceptors (Lipinski definition) is 7. The van der Waals surface area contributed by atoms with Crippen LogP contribution in [0.15, 0.2) is 34.7 Å². The summed E-state index contributed by atoms with van der Waals surface area (Å²) in [6.07, 6.45) is 2.77. The van der Waals surface area contributed by atoms with Crippen LogP contribution in [0, 0.1) is 16.0 Å².